The first kappa shape index (κ1) is 13.1. The average Bonchev–Trinajstić information content (AvgIpc) is 2.29. The van der Waals surface area contributed by atoms with Gasteiger partial charge in [-0.2, -0.15) is 0 Å². The number of hydrogen-bond donors (Lipinski definition) is 3. The Hall–Kier alpha value is -0.320. The molecule has 4 N–H and O–H groups in total. The molecule has 0 spiro atoms. The van der Waals surface area contributed by atoms with E-state index >= 15 is 0 Å². The maximum Gasteiger partial charge on any atom is 0.155 e. The van der Waals surface area contributed by atoms with Gasteiger partial charge in [-0.05, 0) is 37.6 Å². The lowest BCUT2D eigenvalue weighted by Gasteiger charge is -2.36. The molecule has 0 amide bonds. The lowest BCUT2D eigenvalue weighted by atomic mass is 9.90. The van der Waals surface area contributed by atoms with E-state index in [9.17, 15) is 5.11 Å². The van der Waals surface area contributed by atoms with Crippen LogP contribution in [0.2, 0.25) is 10.0 Å². The molecule has 94 valence electrons. The van der Waals surface area contributed by atoms with Gasteiger partial charge in [0.15, 0.2) is 5.72 Å². The first-order chi connectivity index (χ1) is 8.00. The molecule has 0 saturated carbocycles. The predicted molar refractivity (Wildman–Crippen MR) is 70.2 cm³/mol. The van der Waals surface area contributed by atoms with Gasteiger partial charge < -0.3 is 10.4 Å². The van der Waals surface area contributed by atoms with Crippen molar-refractivity contribution in [3.63, 3.8) is 0 Å². The van der Waals surface area contributed by atoms with Crippen molar-refractivity contribution in [2.75, 3.05) is 6.54 Å². The van der Waals surface area contributed by atoms with Crippen molar-refractivity contribution in [1.29, 1.82) is 0 Å². The third-order valence-corrected chi connectivity index (χ3v) is 3.60. The van der Waals surface area contributed by atoms with Crippen LogP contribution in [0.25, 0.3) is 0 Å². The summed E-state index contributed by atoms with van der Waals surface area (Å²) >= 11 is 11.8. The molecule has 0 aromatic heterocycles. The Morgan fingerprint density at radius 1 is 1.24 bits per heavy atom. The summed E-state index contributed by atoms with van der Waals surface area (Å²) in [4.78, 5) is 0. The van der Waals surface area contributed by atoms with E-state index in [1.807, 2.05) is 0 Å². The summed E-state index contributed by atoms with van der Waals surface area (Å²) in [5.41, 5.74) is 5.14. The normalized spacial score (nSPS) is 24.4. The monoisotopic (exact) mass is 274 g/mol. The first-order valence-electron chi connectivity index (χ1n) is 5.71. The van der Waals surface area contributed by atoms with Crippen LogP contribution in [0, 0.1) is 0 Å². The Morgan fingerprint density at radius 2 is 1.88 bits per heavy atom. The second-order valence-corrected chi connectivity index (χ2v) is 5.36. The Morgan fingerprint density at radius 3 is 2.41 bits per heavy atom. The number of benzene rings is 1. The van der Waals surface area contributed by atoms with Crippen LogP contribution in [-0.4, -0.2) is 17.7 Å². The Balaban J connectivity index is 2.29. The van der Waals surface area contributed by atoms with E-state index in [-0.39, 0.29) is 6.04 Å². The Bertz CT molecular complexity index is 383. The highest BCUT2D eigenvalue weighted by Crippen LogP contribution is 2.29. The molecule has 1 unspecified atom stereocenters. The molecule has 1 aromatic carbocycles. The molecule has 1 aliphatic heterocycles. The molecule has 0 radical (unpaired) electrons. The summed E-state index contributed by atoms with van der Waals surface area (Å²) in [6.45, 7) is 0.873. The van der Waals surface area contributed by atoms with Crippen LogP contribution in [0.15, 0.2) is 18.2 Å². The summed E-state index contributed by atoms with van der Waals surface area (Å²) in [6, 6.07) is 4.77. The van der Waals surface area contributed by atoms with Gasteiger partial charge in [-0.15, -0.1) is 0 Å². The minimum atomic E-state index is -1.44. The standard InChI is InChI=1S/C12H16Cl2N2O/c13-9-5-8(6-10(14)7-9)12(15,17)11-3-1-2-4-16-11/h5-7,11,16-17H,1-4,15H2/t11?,12-/m0/s1. The molecule has 17 heavy (non-hydrogen) atoms. The van der Waals surface area contributed by atoms with E-state index in [1.54, 1.807) is 18.2 Å². The van der Waals surface area contributed by atoms with Crippen LogP contribution in [0.5, 0.6) is 0 Å². The van der Waals surface area contributed by atoms with Crippen molar-refractivity contribution in [3.05, 3.63) is 33.8 Å². The van der Waals surface area contributed by atoms with Crippen LogP contribution in [0.3, 0.4) is 0 Å². The zero-order chi connectivity index (χ0) is 12.5. The largest absolute Gasteiger partial charge is 0.370 e. The molecule has 5 heteroatoms. The SMILES string of the molecule is N[C@](O)(c1cc(Cl)cc(Cl)c1)C1CCCCN1. The van der Waals surface area contributed by atoms with Crippen LogP contribution < -0.4 is 11.1 Å². The van der Waals surface area contributed by atoms with Gasteiger partial charge in [-0.1, -0.05) is 29.6 Å². The van der Waals surface area contributed by atoms with Gasteiger partial charge in [0, 0.05) is 15.6 Å². The molecule has 1 saturated heterocycles. The third kappa shape index (κ3) is 2.92. The molecular formula is C12H16Cl2N2O. The predicted octanol–water partition coefficient (Wildman–Crippen LogP) is 2.24. The zero-order valence-corrected chi connectivity index (χ0v) is 10.9. The van der Waals surface area contributed by atoms with E-state index in [0.29, 0.717) is 15.6 Å². The zero-order valence-electron chi connectivity index (χ0n) is 9.42. The highest BCUT2D eigenvalue weighted by Gasteiger charge is 2.35. The second-order valence-electron chi connectivity index (χ2n) is 4.49. The van der Waals surface area contributed by atoms with Crippen molar-refractivity contribution >= 4 is 23.2 Å². The van der Waals surface area contributed by atoms with E-state index in [4.69, 9.17) is 28.9 Å². The average molecular weight is 275 g/mol. The molecule has 1 aromatic rings. The molecule has 0 aliphatic carbocycles. The van der Waals surface area contributed by atoms with E-state index in [2.05, 4.69) is 5.32 Å². The number of piperidine rings is 1. The Kier molecular flexibility index (Phi) is 3.95. The van der Waals surface area contributed by atoms with Gasteiger partial charge in [-0.3, -0.25) is 5.73 Å². The topological polar surface area (TPSA) is 58.3 Å². The molecule has 1 fully saturated rings. The van der Waals surface area contributed by atoms with Crippen LogP contribution in [0.1, 0.15) is 24.8 Å². The number of halogens is 2. The van der Waals surface area contributed by atoms with Gasteiger partial charge >= 0.3 is 0 Å². The fourth-order valence-corrected chi connectivity index (χ4v) is 2.74. The van der Waals surface area contributed by atoms with E-state index in [0.717, 1.165) is 25.8 Å². The van der Waals surface area contributed by atoms with Crippen molar-refractivity contribution in [2.24, 2.45) is 5.73 Å². The smallest absolute Gasteiger partial charge is 0.155 e. The number of aliphatic hydroxyl groups is 1. The summed E-state index contributed by atoms with van der Waals surface area (Å²) in [7, 11) is 0. The lowest BCUT2D eigenvalue weighted by Crippen LogP contribution is -2.56. The highest BCUT2D eigenvalue weighted by molar-refractivity contribution is 6.34. The van der Waals surface area contributed by atoms with Gasteiger partial charge in [0.1, 0.15) is 0 Å². The fraction of sp³-hybridized carbons (Fsp3) is 0.500. The molecular weight excluding hydrogens is 259 g/mol. The minimum absolute atomic E-state index is 0.161. The molecule has 2 atom stereocenters. The van der Waals surface area contributed by atoms with E-state index < -0.39 is 5.72 Å². The highest BCUT2D eigenvalue weighted by atomic mass is 35.5. The summed E-state index contributed by atoms with van der Waals surface area (Å²) < 4.78 is 0. The summed E-state index contributed by atoms with van der Waals surface area (Å²) in [5.74, 6) is 0. The van der Waals surface area contributed by atoms with Crippen molar-refractivity contribution < 1.29 is 5.11 Å². The van der Waals surface area contributed by atoms with Gasteiger partial charge in [-0.25, -0.2) is 0 Å². The fourth-order valence-electron chi connectivity index (χ4n) is 2.21. The number of nitrogens with one attached hydrogen (secondary N) is 1. The van der Waals surface area contributed by atoms with Gasteiger partial charge in [0.2, 0.25) is 0 Å². The quantitative estimate of drug-likeness (QED) is 0.725. The third-order valence-electron chi connectivity index (χ3n) is 3.17. The first-order valence-corrected chi connectivity index (χ1v) is 6.47. The van der Waals surface area contributed by atoms with E-state index in [1.165, 1.54) is 0 Å². The summed E-state index contributed by atoms with van der Waals surface area (Å²) in [5, 5.41) is 14.7. The van der Waals surface area contributed by atoms with Crippen LogP contribution >= 0.6 is 23.2 Å². The molecule has 1 heterocycles. The number of rotatable bonds is 2. The molecule has 3 nitrogen and oxygen atoms in total. The number of nitrogens with two attached hydrogens (primary N) is 1. The van der Waals surface area contributed by atoms with Crippen LogP contribution in [0.4, 0.5) is 0 Å². The van der Waals surface area contributed by atoms with Crippen LogP contribution in [-0.2, 0) is 5.72 Å². The number of hydrogen-bond acceptors (Lipinski definition) is 3. The molecule has 1 aliphatic rings. The van der Waals surface area contributed by atoms with Gasteiger partial charge in [0.05, 0.1) is 6.04 Å². The summed E-state index contributed by atoms with van der Waals surface area (Å²) in [6.07, 6.45) is 3.02. The van der Waals surface area contributed by atoms with Gasteiger partial charge in [0.25, 0.3) is 0 Å². The minimum Gasteiger partial charge on any atom is -0.370 e. The Labute approximate surface area is 111 Å². The van der Waals surface area contributed by atoms with Crippen molar-refractivity contribution in [2.45, 2.75) is 31.0 Å². The second kappa shape index (κ2) is 5.12. The molecule has 0 bridgehead atoms. The maximum atomic E-state index is 10.5. The lowest BCUT2D eigenvalue weighted by molar-refractivity contribution is -0.00646. The molecule has 2 rings (SSSR count). The maximum absolute atomic E-state index is 10.5. The van der Waals surface area contributed by atoms with Crippen molar-refractivity contribution in [3.8, 4) is 0 Å². The van der Waals surface area contributed by atoms with Crippen molar-refractivity contribution in [1.82, 2.24) is 5.32 Å².